The van der Waals surface area contributed by atoms with E-state index in [1.165, 1.54) is 0 Å². The molecule has 2 saturated heterocycles. The first-order valence-electron chi connectivity index (χ1n) is 15.3. The van der Waals surface area contributed by atoms with Crippen LogP contribution in [0.5, 0.6) is 0 Å². The van der Waals surface area contributed by atoms with E-state index in [1.807, 2.05) is 0 Å². The molecule has 0 aromatic rings. The molecular formula is C26H53N7O12. The van der Waals surface area contributed by atoms with E-state index in [0.717, 1.165) is 0 Å². The molecule has 1 saturated carbocycles. The maximum Gasteiger partial charge on any atom is 0.249 e. The number of carbonyl (C=O) groups excluding carboxylic acids is 1. The summed E-state index contributed by atoms with van der Waals surface area (Å²) in [5.41, 5.74) is 29.3. The number of hydrogen-bond donors (Lipinski definition) is 15. The van der Waals surface area contributed by atoms with Gasteiger partial charge < -0.3 is 94.4 Å². The number of carbonyl (C=O) groups is 1. The van der Waals surface area contributed by atoms with Crippen LogP contribution in [0.4, 0.5) is 0 Å². The van der Waals surface area contributed by atoms with Gasteiger partial charge >= 0.3 is 0 Å². The molecule has 19 heteroatoms. The van der Waals surface area contributed by atoms with Gasteiger partial charge in [0.1, 0.15) is 42.7 Å². The second-order valence-corrected chi connectivity index (χ2v) is 12.1. The van der Waals surface area contributed by atoms with Gasteiger partial charge in [-0.3, -0.25) is 4.79 Å². The van der Waals surface area contributed by atoms with E-state index in [4.69, 9.17) is 42.9 Å². The molecule has 0 spiro atoms. The summed E-state index contributed by atoms with van der Waals surface area (Å²) in [6.45, 7) is -0.720. The van der Waals surface area contributed by atoms with Gasteiger partial charge in [-0.05, 0) is 32.4 Å². The van der Waals surface area contributed by atoms with Gasteiger partial charge in [-0.1, -0.05) is 0 Å². The number of hydrogen-bond acceptors (Lipinski definition) is 18. The van der Waals surface area contributed by atoms with Crippen LogP contribution in [0.3, 0.4) is 0 Å². The van der Waals surface area contributed by atoms with Gasteiger partial charge in [0, 0.05) is 25.0 Å². The third kappa shape index (κ3) is 8.83. The average molecular weight is 656 g/mol. The minimum Gasteiger partial charge on any atom is -0.394 e. The predicted octanol–water partition coefficient (Wildman–Crippen LogP) is -8.84. The second kappa shape index (κ2) is 17.3. The normalized spacial score (nSPS) is 43.9. The molecule has 20 N–H and O–H groups in total. The number of nitrogens with one attached hydrogen (secondary N) is 2. The van der Waals surface area contributed by atoms with E-state index < -0.39 is 116 Å². The van der Waals surface area contributed by atoms with E-state index in [1.54, 1.807) is 0 Å². The van der Waals surface area contributed by atoms with Crippen molar-refractivity contribution in [3.05, 3.63) is 0 Å². The van der Waals surface area contributed by atoms with E-state index in [2.05, 4.69) is 10.6 Å². The minimum atomic E-state index is -1.63. The Bertz CT molecular complexity index is 914. The lowest BCUT2D eigenvalue weighted by atomic mass is 9.71. The Morgan fingerprint density at radius 1 is 0.889 bits per heavy atom. The molecule has 3 rings (SSSR count). The zero-order chi connectivity index (χ0) is 33.6. The van der Waals surface area contributed by atoms with Crippen LogP contribution in [0.15, 0.2) is 0 Å². The highest BCUT2D eigenvalue weighted by molar-refractivity contribution is 5.80. The van der Waals surface area contributed by atoms with Gasteiger partial charge in [0.15, 0.2) is 6.29 Å². The van der Waals surface area contributed by atoms with Crippen LogP contribution in [-0.2, 0) is 19.0 Å². The molecule has 45 heavy (non-hydrogen) atoms. The molecule has 17 unspecified atom stereocenters. The molecule has 3 fully saturated rings. The molecule has 3 aliphatic rings. The lowest BCUT2D eigenvalue weighted by Crippen LogP contribution is -2.72. The number of aliphatic hydroxyl groups excluding tert-OH is 8. The van der Waals surface area contributed by atoms with E-state index >= 15 is 0 Å². The molecule has 2 heterocycles. The highest BCUT2D eigenvalue weighted by Gasteiger charge is 2.56. The number of rotatable bonds is 14. The van der Waals surface area contributed by atoms with Crippen LogP contribution in [0.1, 0.15) is 19.3 Å². The van der Waals surface area contributed by atoms with Crippen molar-refractivity contribution in [2.24, 2.45) is 34.6 Å². The van der Waals surface area contributed by atoms with E-state index in [0.29, 0.717) is 0 Å². The Kier molecular flexibility index (Phi) is 14.7. The van der Waals surface area contributed by atoms with Crippen molar-refractivity contribution in [1.29, 1.82) is 0 Å². The monoisotopic (exact) mass is 655 g/mol. The van der Waals surface area contributed by atoms with Crippen LogP contribution < -0.4 is 39.3 Å². The van der Waals surface area contributed by atoms with Crippen molar-refractivity contribution in [3.63, 3.8) is 0 Å². The van der Waals surface area contributed by atoms with Crippen LogP contribution >= 0.6 is 0 Å². The number of aliphatic hydroxyl groups is 8. The lowest BCUT2D eigenvalue weighted by Gasteiger charge is -2.53. The number of amides is 1. The Balaban J connectivity index is 1.96. The second-order valence-electron chi connectivity index (χ2n) is 12.1. The van der Waals surface area contributed by atoms with Crippen LogP contribution in [0.2, 0.25) is 0 Å². The third-order valence-electron chi connectivity index (χ3n) is 8.93. The highest BCUT2D eigenvalue weighted by Crippen LogP contribution is 2.37. The summed E-state index contributed by atoms with van der Waals surface area (Å²) in [5.74, 6) is -1.91. The Morgan fingerprint density at radius 2 is 1.56 bits per heavy atom. The standard InChI is InChI=1S/C26H53N7O12/c27-3-1-9(35)7-32-17-22(41)19(38)13(6-29)43-24(17)15-10(30)5-11(33-25(42)12(36)2-4-28)23(20(15)39)45-26-21(40)16(31)18(37)14(8-34)44-26/h9-24,26,32,34-41H,1-8,27-31H2,(H,33,42). The van der Waals surface area contributed by atoms with Gasteiger partial charge in [-0.15, -0.1) is 0 Å². The highest BCUT2D eigenvalue weighted by atomic mass is 16.7. The summed E-state index contributed by atoms with van der Waals surface area (Å²) in [4.78, 5) is 12.8. The molecule has 17 atom stereocenters. The van der Waals surface area contributed by atoms with Crippen LogP contribution in [0.25, 0.3) is 0 Å². The SMILES string of the molecule is NCCC(O)CNC1C(O)C(O)C(CN)OC1C1C(N)CC(NC(=O)C(O)CCN)C(OC2OC(CO)C(O)C(N)C2O)C1O. The summed E-state index contributed by atoms with van der Waals surface area (Å²) >= 11 is 0. The first-order valence-corrected chi connectivity index (χ1v) is 15.3. The molecule has 264 valence electrons. The van der Waals surface area contributed by atoms with Crippen molar-refractivity contribution < 1.29 is 59.9 Å². The van der Waals surface area contributed by atoms with E-state index in [-0.39, 0.29) is 45.4 Å². The van der Waals surface area contributed by atoms with Gasteiger partial charge in [0.05, 0.1) is 49.1 Å². The topological polar surface area (TPSA) is 361 Å². The molecule has 1 aliphatic carbocycles. The quantitative estimate of drug-likeness (QED) is 0.0825. The van der Waals surface area contributed by atoms with Gasteiger partial charge in [0.2, 0.25) is 5.91 Å². The molecule has 0 radical (unpaired) electrons. The summed E-state index contributed by atoms with van der Waals surface area (Å²) in [5, 5.41) is 90.4. The maximum absolute atomic E-state index is 12.8. The fourth-order valence-corrected chi connectivity index (χ4v) is 6.32. The Morgan fingerprint density at radius 3 is 2.16 bits per heavy atom. The lowest BCUT2D eigenvalue weighted by molar-refractivity contribution is -0.307. The number of nitrogens with two attached hydrogens (primary N) is 5. The summed E-state index contributed by atoms with van der Waals surface area (Å²) in [6.07, 6.45) is -16.4. The number of ether oxygens (including phenoxy) is 3. The van der Waals surface area contributed by atoms with E-state index in [9.17, 15) is 45.6 Å². The smallest absolute Gasteiger partial charge is 0.249 e. The van der Waals surface area contributed by atoms with Crippen molar-refractivity contribution in [2.45, 2.75) is 117 Å². The molecular weight excluding hydrogens is 602 g/mol. The molecule has 0 aromatic carbocycles. The Labute approximate surface area is 261 Å². The van der Waals surface area contributed by atoms with Crippen LogP contribution in [-0.4, -0.2) is 177 Å². The summed E-state index contributed by atoms with van der Waals surface area (Å²) in [7, 11) is 0. The fraction of sp³-hybridized carbons (Fsp3) is 0.962. The van der Waals surface area contributed by atoms with Crippen molar-refractivity contribution in [1.82, 2.24) is 10.6 Å². The van der Waals surface area contributed by atoms with Gasteiger partial charge in [-0.2, -0.15) is 0 Å². The minimum absolute atomic E-state index is 0.0120. The van der Waals surface area contributed by atoms with Crippen molar-refractivity contribution in [3.8, 4) is 0 Å². The Hall–Kier alpha value is -1.21. The molecule has 19 nitrogen and oxygen atoms in total. The molecule has 0 bridgehead atoms. The van der Waals surface area contributed by atoms with Gasteiger partial charge in [0.25, 0.3) is 0 Å². The van der Waals surface area contributed by atoms with Crippen molar-refractivity contribution >= 4 is 5.91 Å². The first-order chi connectivity index (χ1) is 21.3. The summed E-state index contributed by atoms with van der Waals surface area (Å²) < 4.78 is 17.7. The summed E-state index contributed by atoms with van der Waals surface area (Å²) in [6, 6.07) is -4.43. The zero-order valence-electron chi connectivity index (χ0n) is 25.1. The average Bonchev–Trinajstić information content (AvgIpc) is 3.00. The third-order valence-corrected chi connectivity index (χ3v) is 8.93. The zero-order valence-corrected chi connectivity index (χ0v) is 25.1. The first kappa shape index (κ1) is 38.2. The van der Waals surface area contributed by atoms with Crippen molar-refractivity contribution in [2.75, 3.05) is 32.8 Å². The van der Waals surface area contributed by atoms with Gasteiger partial charge in [-0.25, -0.2) is 0 Å². The molecule has 0 aromatic heterocycles. The maximum atomic E-state index is 12.8. The largest absolute Gasteiger partial charge is 0.394 e. The molecule has 2 aliphatic heterocycles. The van der Waals surface area contributed by atoms with Crippen LogP contribution in [0, 0.1) is 5.92 Å². The predicted molar refractivity (Wildman–Crippen MR) is 156 cm³/mol. The molecule has 1 amide bonds. The fourth-order valence-electron chi connectivity index (χ4n) is 6.32.